The molecular weight excluding hydrogens is 262 g/mol. The number of hydrogen-bond donors (Lipinski definition) is 2. The van der Waals surface area contributed by atoms with Gasteiger partial charge in [-0.25, -0.2) is 4.79 Å². The molecule has 1 aromatic carbocycles. The maximum atomic E-state index is 11.5. The van der Waals surface area contributed by atoms with Crippen LogP contribution in [0.2, 0.25) is 0 Å². The Balaban J connectivity index is 1.64. The van der Waals surface area contributed by atoms with Gasteiger partial charge in [-0.1, -0.05) is 36.4 Å². The third kappa shape index (κ3) is 5.60. The van der Waals surface area contributed by atoms with E-state index < -0.39 is 0 Å². The van der Waals surface area contributed by atoms with Crippen LogP contribution in [0.1, 0.15) is 18.4 Å². The molecule has 1 fully saturated rings. The van der Waals surface area contributed by atoms with E-state index >= 15 is 0 Å². The zero-order valence-electron chi connectivity index (χ0n) is 12.6. The van der Waals surface area contributed by atoms with E-state index in [0.29, 0.717) is 12.5 Å². The van der Waals surface area contributed by atoms with E-state index in [0.717, 1.165) is 39.0 Å². The maximum absolute atomic E-state index is 11.5. The zero-order valence-corrected chi connectivity index (χ0v) is 12.6. The van der Waals surface area contributed by atoms with Gasteiger partial charge in [0.05, 0.1) is 0 Å². The molecule has 21 heavy (non-hydrogen) atoms. The average molecular weight is 287 g/mol. The van der Waals surface area contributed by atoms with Crippen molar-refractivity contribution >= 4 is 6.03 Å². The summed E-state index contributed by atoms with van der Waals surface area (Å²) in [5.41, 5.74) is 1.37. The fraction of sp³-hybridized carbons (Fsp3) is 0.471. The first-order valence-electron chi connectivity index (χ1n) is 7.67. The smallest absolute Gasteiger partial charge is 0.315 e. The number of urea groups is 1. The summed E-state index contributed by atoms with van der Waals surface area (Å²) in [7, 11) is 0. The van der Waals surface area contributed by atoms with Crippen molar-refractivity contribution in [3.8, 4) is 0 Å². The number of hydrogen-bond acceptors (Lipinski definition) is 2. The van der Waals surface area contributed by atoms with Crippen LogP contribution >= 0.6 is 0 Å². The minimum Gasteiger partial charge on any atom is -0.338 e. The van der Waals surface area contributed by atoms with E-state index in [9.17, 15) is 4.79 Å². The third-order valence-electron chi connectivity index (χ3n) is 3.91. The number of piperidine rings is 1. The molecule has 114 valence electrons. The highest BCUT2D eigenvalue weighted by Gasteiger charge is 2.19. The molecule has 4 heteroatoms. The Bertz CT molecular complexity index is 439. The van der Waals surface area contributed by atoms with Gasteiger partial charge in [-0.3, -0.25) is 4.90 Å². The molecular formula is C17H25N3O. The van der Waals surface area contributed by atoms with E-state index in [1.165, 1.54) is 5.56 Å². The number of nitrogens with zero attached hydrogens (tertiary/aromatic N) is 1. The lowest BCUT2D eigenvalue weighted by atomic mass is 9.96. The highest BCUT2D eigenvalue weighted by molar-refractivity contribution is 5.73. The molecule has 0 aromatic heterocycles. The fourth-order valence-corrected chi connectivity index (χ4v) is 2.65. The molecule has 1 aromatic rings. The van der Waals surface area contributed by atoms with Crippen molar-refractivity contribution in [3.63, 3.8) is 0 Å². The Labute approximate surface area is 127 Å². The molecule has 0 unspecified atom stereocenters. The normalized spacial score (nSPS) is 16.4. The topological polar surface area (TPSA) is 44.4 Å². The molecule has 0 spiro atoms. The van der Waals surface area contributed by atoms with Gasteiger partial charge in [-0.15, -0.1) is 6.58 Å². The molecule has 0 atom stereocenters. The number of benzene rings is 1. The average Bonchev–Trinajstić information content (AvgIpc) is 2.53. The van der Waals surface area contributed by atoms with Crippen molar-refractivity contribution in [2.45, 2.75) is 19.4 Å². The Morgan fingerprint density at radius 3 is 2.62 bits per heavy atom. The van der Waals surface area contributed by atoms with Crippen molar-refractivity contribution in [3.05, 3.63) is 48.6 Å². The maximum Gasteiger partial charge on any atom is 0.315 e. The molecule has 0 radical (unpaired) electrons. The van der Waals surface area contributed by atoms with Gasteiger partial charge in [-0.05, 0) is 37.4 Å². The molecule has 4 nitrogen and oxygen atoms in total. The molecule has 2 amide bonds. The second kappa shape index (κ2) is 8.47. The fourth-order valence-electron chi connectivity index (χ4n) is 2.65. The first-order valence-corrected chi connectivity index (χ1v) is 7.67. The van der Waals surface area contributed by atoms with Crippen LogP contribution in [0.5, 0.6) is 0 Å². The van der Waals surface area contributed by atoms with Gasteiger partial charge in [0.25, 0.3) is 0 Å². The largest absolute Gasteiger partial charge is 0.338 e. The number of rotatable bonds is 6. The summed E-state index contributed by atoms with van der Waals surface area (Å²) in [6, 6.07) is 10.5. The first kappa shape index (κ1) is 15.6. The van der Waals surface area contributed by atoms with Crippen LogP contribution in [0.15, 0.2) is 43.0 Å². The van der Waals surface area contributed by atoms with Crippen molar-refractivity contribution in [1.29, 1.82) is 0 Å². The third-order valence-corrected chi connectivity index (χ3v) is 3.91. The van der Waals surface area contributed by atoms with E-state index in [1.807, 2.05) is 0 Å². The summed E-state index contributed by atoms with van der Waals surface area (Å²) in [5.74, 6) is 0.589. The van der Waals surface area contributed by atoms with Crippen LogP contribution in [-0.4, -0.2) is 37.1 Å². The van der Waals surface area contributed by atoms with Crippen LogP contribution in [0.4, 0.5) is 4.79 Å². The molecule has 2 rings (SSSR count). The molecule has 0 bridgehead atoms. The van der Waals surface area contributed by atoms with E-state index in [2.05, 4.69) is 52.4 Å². The second-order valence-electron chi connectivity index (χ2n) is 5.58. The van der Waals surface area contributed by atoms with Crippen molar-refractivity contribution in [1.82, 2.24) is 15.5 Å². The molecule has 1 heterocycles. The quantitative estimate of drug-likeness (QED) is 0.789. The highest BCUT2D eigenvalue weighted by atomic mass is 16.2. The Kier molecular flexibility index (Phi) is 6.28. The summed E-state index contributed by atoms with van der Waals surface area (Å²) < 4.78 is 0. The zero-order chi connectivity index (χ0) is 14.9. The minimum absolute atomic E-state index is 0.0957. The summed E-state index contributed by atoms with van der Waals surface area (Å²) in [6.45, 7) is 8.10. The predicted octanol–water partition coefficient (Wildman–Crippen LogP) is 2.38. The summed E-state index contributed by atoms with van der Waals surface area (Å²) in [5, 5.41) is 5.67. The van der Waals surface area contributed by atoms with Gasteiger partial charge in [-0.2, -0.15) is 0 Å². The Morgan fingerprint density at radius 1 is 1.24 bits per heavy atom. The van der Waals surface area contributed by atoms with Crippen LogP contribution in [0.3, 0.4) is 0 Å². The van der Waals surface area contributed by atoms with Crippen molar-refractivity contribution < 1.29 is 4.79 Å². The molecule has 0 aliphatic carbocycles. The lowest BCUT2D eigenvalue weighted by Crippen LogP contribution is -2.41. The van der Waals surface area contributed by atoms with Crippen molar-refractivity contribution in [2.24, 2.45) is 5.92 Å². The highest BCUT2D eigenvalue weighted by Crippen LogP contribution is 2.18. The van der Waals surface area contributed by atoms with Crippen LogP contribution < -0.4 is 10.6 Å². The number of carbonyl (C=O) groups is 1. The van der Waals surface area contributed by atoms with E-state index in [1.54, 1.807) is 6.08 Å². The van der Waals surface area contributed by atoms with Crippen LogP contribution in [0.25, 0.3) is 0 Å². The predicted molar refractivity (Wildman–Crippen MR) is 86.0 cm³/mol. The van der Waals surface area contributed by atoms with Gasteiger partial charge < -0.3 is 10.6 Å². The number of carbonyl (C=O) groups excluding carboxylic acids is 1. The molecule has 1 aliphatic heterocycles. The molecule has 1 saturated heterocycles. The molecule has 2 N–H and O–H groups in total. The Hall–Kier alpha value is -1.81. The number of likely N-dealkylation sites (tertiary alicyclic amines) is 1. The lowest BCUT2D eigenvalue weighted by molar-refractivity contribution is 0.175. The standard InChI is InChI=1S/C17H25N3O/c1-2-10-18-17(21)19-13-15-8-11-20(12-9-15)14-16-6-4-3-5-7-16/h2-7,15H,1,8-14H2,(H2,18,19,21). The minimum atomic E-state index is -0.0957. The van der Waals surface area contributed by atoms with Crippen molar-refractivity contribution in [2.75, 3.05) is 26.2 Å². The molecule has 0 saturated carbocycles. The van der Waals surface area contributed by atoms with Gasteiger partial charge in [0.1, 0.15) is 0 Å². The second-order valence-corrected chi connectivity index (χ2v) is 5.58. The number of amides is 2. The van der Waals surface area contributed by atoms with Gasteiger partial charge in [0.15, 0.2) is 0 Å². The van der Waals surface area contributed by atoms with Gasteiger partial charge >= 0.3 is 6.03 Å². The summed E-state index contributed by atoms with van der Waals surface area (Å²) in [4.78, 5) is 14.0. The van der Waals surface area contributed by atoms with E-state index in [4.69, 9.17) is 0 Å². The van der Waals surface area contributed by atoms with Crippen LogP contribution in [0, 0.1) is 5.92 Å². The van der Waals surface area contributed by atoms with Gasteiger partial charge in [0, 0.05) is 19.6 Å². The van der Waals surface area contributed by atoms with Gasteiger partial charge in [0.2, 0.25) is 0 Å². The summed E-state index contributed by atoms with van der Waals surface area (Å²) >= 11 is 0. The Morgan fingerprint density at radius 2 is 1.95 bits per heavy atom. The first-order chi connectivity index (χ1) is 10.3. The van der Waals surface area contributed by atoms with Crippen LogP contribution in [-0.2, 0) is 6.54 Å². The monoisotopic (exact) mass is 287 g/mol. The lowest BCUT2D eigenvalue weighted by Gasteiger charge is -2.32. The summed E-state index contributed by atoms with van der Waals surface area (Å²) in [6.07, 6.45) is 3.98. The SMILES string of the molecule is C=CCNC(=O)NCC1CCN(Cc2ccccc2)CC1. The molecule has 1 aliphatic rings. The number of nitrogens with one attached hydrogen (secondary N) is 2. The van der Waals surface area contributed by atoms with E-state index in [-0.39, 0.29) is 6.03 Å².